The van der Waals surface area contributed by atoms with Crippen molar-refractivity contribution in [1.29, 1.82) is 0 Å². The van der Waals surface area contributed by atoms with Crippen molar-refractivity contribution in [1.82, 2.24) is 19.9 Å². The number of hydrogen-bond acceptors (Lipinski definition) is 7. The third-order valence-electron chi connectivity index (χ3n) is 5.20. The minimum absolute atomic E-state index is 0.290. The molecule has 0 atom stereocenters. The van der Waals surface area contributed by atoms with Crippen LogP contribution in [-0.2, 0) is 19.3 Å². The maximum absolute atomic E-state index is 5.87. The minimum Gasteiger partial charge on any atom is -0.369 e. The van der Waals surface area contributed by atoms with Crippen LogP contribution >= 0.6 is 0 Å². The second-order valence-electron chi connectivity index (χ2n) is 7.15. The number of nitrogen functional groups attached to an aromatic ring is 1. The molecule has 132 valence electrons. The van der Waals surface area contributed by atoms with Crippen LogP contribution in [0.15, 0.2) is 6.07 Å². The molecule has 25 heavy (non-hydrogen) atoms. The van der Waals surface area contributed by atoms with E-state index in [1.54, 1.807) is 0 Å². The molecule has 0 bridgehead atoms. The van der Waals surface area contributed by atoms with E-state index in [2.05, 4.69) is 27.2 Å². The van der Waals surface area contributed by atoms with Gasteiger partial charge in [-0.15, -0.1) is 0 Å². The van der Waals surface area contributed by atoms with Gasteiger partial charge in [-0.2, -0.15) is 4.98 Å². The maximum Gasteiger partial charge on any atom is 0.222 e. The normalized spacial score (nSPS) is 21.7. The van der Waals surface area contributed by atoms with Gasteiger partial charge in [-0.05, 0) is 44.6 Å². The summed E-state index contributed by atoms with van der Waals surface area (Å²) in [6.07, 6.45) is 6.10. The Kier molecular flexibility index (Phi) is 4.25. The summed E-state index contributed by atoms with van der Waals surface area (Å²) in [5.41, 5.74) is 16.4. The number of nitrogens with two attached hydrogens (primary N) is 2. The summed E-state index contributed by atoms with van der Waals surface area (Å²) in [6.45, 7) is 2.81. The van der Waals surface area contributed by atoms with Gasteiger partial charge >= 0.3 is 0 Å². The number of rotatable bonds is 5. The molecule has 2 aromatic heterocycles. The van der Waals surface area contributed by atoms with Crippen LogP contribution in [0.25, 0.3) is 0 Å². The number of nitrogens with one attached hydrogen (secondary N) is 1. The van der Waals surface area contributed by atoms with Crippen LogP contribution in [0.5, 0.6) is 0 Å². The molecule has 2 aliphatic rings. The number of hydrogen-bond donors (Lipinski definition) is 3. The van der Waals surface area contributed by atoms with Gasteiger partial charge < -0.3 is 16.8 Å². The summed E-state index contributed by atoms with van der Waals surface area (Å²) in [7, 11) is 0. The highest BCUT2D eigenvalue weighted by molar-refractivity contribution is 5.42. The molecule has 0 saturated heterocycles. The SMILES string of the molecule is Cc1nc(CCNc2cc(C3CC(N)C3)nc(N)n2)nc2c1CCC2. The van der Waals surface area contributed by atoms with Gasteiger partial charge in [-0.25, -0.2) is 15.0 Å². The number of nitrogens with zero attached hydrogens (tertiary/aromatic N) is 4. The van der Waals surface area contributed by atoms with Crippen LogP contribution in [-0.4, -0.2) is 32.5 Å². The lowest BCUT2D eigenvalue weighted by atomic mass is 9.78. The second-order valence-corrected chi connectivity index (χ2v) is 7.15. The summed E-state index contributed by atoms with van der Waals surface area (Å²) in [6, 6.07) is 2.28. The standard InChI is InChI=1S/C18H25N7/c1-10-13-3-2-4-14(13)23-16(22-10)5-6-21-17-9-15(24-18(20)25-17)11-7-12(19)8-11/h9,11-12H,2-8,19H2,1H3,(H3,20,21,24,25). The first-order valence-corrected chi connectivity index (χ1v) is 9.07. The Balaban J connectivity index is 1.39. The maximum atomic E-state index is 5.87. The van der Waals surface area contributed by atoms with E-state index in [9.17, 15) is 0 Å². The van der Waals surface area contributed by atoms with Crippen molar-refractivity contribution in [2.24, 2.45) is 5.73 Å². The zero-order chi connectivity index (χ0) is 17.4. The van der Waals surface area contributed by atoms with Gasteiger partial charge in [0, 0.05) is 42.4 Å². The van der Waals surface area contributed by atoms with Gasteiger partial charge in [0.15, 0.2) is 0 Å². The van der Waals surface area contributed by atoms with Gasteiger partial charge in [0.1, 0.15) is 11.6 Å². The number of aryl methyl sites for hydroxylation is 2. The average molecular weight is 339 g/mol. The molecule has 2 aromatic rings. The van der Waals surface area contributed by atoms with E-state index < -0.39 is 0 Å². The molecule has 5 N–H and O–H groups in total. The summed E-state index contributed by atoms with van der Waals surface area (Å²) >= 11 is 0. The van der Waals surface area contributed by atoms with Crippen molar-refractivity contribution >= 4 is 11.8 Å². The van der Waals surface area contributed by atoms with E-state index in [1.165, 1.54) is 17.7 Å². The van der Waals surface area contributed by atoms with E-state index in [4.69, 9.17) is 16.5 Å². The Bertz CT molecular complexity index is 783. The summed E-state index contributed by atoms with van der Waals surface area (Å²) in [5.74, 6) is 2.38. The Morgan fingerprint density at radius 1 is 1.16 bits per heavy atom. The number of anilines is 2. The molecule has 1 fully saturated rings. The van der Waals surface area contributed by atoms with Crippen LogP contribution in [0, 0.1) is 6.92 Å². The first-order chi connectivity index (χ1) is 12.1. The smallest absolute Gasteiger partial charge is 0.222 e. The molecular weight excluding hydrogens is 314 g/mol. The largest absolute Gasteiger partial charge is 0.369 e. The molecule has 0 radical (unpaired) electrons. The molecule has 0 aliphatic heterocycles. The van der Waals surface area contributed by atoms with E-state index in [0.717, 1.165) is 61.7 Å². The molecule has 0 amide bonds. The monoisotopic (exact) mass is 339 g/mol. The molecule has 4 rings (SSSR count). The van der Waals surface area contributed by atoms with E-state index in [0.29, 0.717) is 11.9 Å². The van der Waals surface area contributed by atoms with Crippen LogP contribution < -0.4 is 16.8 Å². The molecule has 2 heterocycles. The highest BCUT2D eigenvalue weighted by Crippen LogP contribution is 2.35. The predicted octanol–water partition coefficient (Wildman–Crippen LogP) is 1.51. The first kappa shape index (κ1) is 16.2. The second kappa shape index (κ2) is 6.55. The summed E-state index contributed by atoms with van der Waals surface area (Å²) in [4.78, 5) is 18.0. The Morgan fingerprint density at radius 3 is 2.80 bits per heavy atom. The van der Waals surface area contributed by atoms with Crippen LogP contribution in [0.2, 0.25) is 0 Å². The average Bonchev–Trinajstić information content (AvgIpc) is 3.00. The van der Waals surface area contributed by atoms with Gasteiger partial charge in [0.25, 0.3) is 0 Å². The van der Waals surface area contributed by atoms with Crippen molar-refractivity contribution in [3.63, 3.8) is 0 Å². The molecular formula is C18H25N7. The molecule has 7 heteroatoms. The fourth-order valence-corrected chi connectivity index (χ4v) is 3.79. The van der Waals surface area contributed by atoms with E-state index in [-0.39, 0.29) is 6.04 Å². The third kappa shape index (κ3) is 3.42. The Hall–Kier alpha value is -2.28. The lowest BCUT2D eigenvalue weighted by Gasteiger charge is -2.32. The summed E-state index contributed by atoms with van der Waals surface area (Å²) in [5, 5.41) is 3.33. The van der Waals surface area contributed by atoms with Crippen molar-refractivity contribution in [2.75, 3.05) is 17.6 Å². The van der Waals surface area contributed by atoms with E-state index in [1.807, 2.05) is 6.07 Å². The van der Waals surface area contributed by atoms with Crippen LogP contribution in [0.4, 0.5) is 11.8 Å². The topological polar surface area (TPSA) is 116 Å². The van der Waals surface area contributed by atoms with Crippen LogP contribution in [0.1, 0.15) is 53.7 Å². The van der Waals surface area contributed by atoms with Crippen molar-refractivity contribution in [2.45, 2.75) is 57.4 Å². The Morgan fingerprint density at radius 2 is 2.00 bits per heavy atom. The zero-order valence-electron chi connectivity index (χ0n) is 14.6. The number of aromatic nitrogens is 4. The van der Waals surface area contributed by atoms with Crippen LogP contribution in [0.3, 0.4) is 0 Å². The predicted molar refractivity (Wildman–Crippen MR) is 97.4 cm³/mol. The van der Waals surface area contributed by atoms with Gasteiger partial charge in [0.05, 0.1) is 5.69 Å². The molecule has 7 nitrogen and oxygen atoms in total. The molecule has 0 unspecified atom stereocenters. The molecule has 2 aliphatic carbocycles. The minimum atomic E-state index is 0.290. The highest BCUT2D eigenvalue weighted by Gasteiger charge is 2.29. The number of fused-ring (bicyclic) bond motifs is 1. The fraction of sp³-hybridized carbons (Fsp3) is 0.556. The van der Waals surface area contributed by atoms with E-state index >= 15 is 0 Å². The summed E-state index contributed by atoms with van der Waals surface area (Å²) < 4.78 is 0. The van der Waals surface area contributed by atoms with Crippen molar-refractivity contribution in [3.8, 4) is 0 Å². The first-order valence-electron chi connectivity index (χ1n) is 9.07. The molecule has 1 saturated carbocycles. The van der Waals surface area contributed by atoms with Gasteiger partial charge in [-0.3, -0.25) is 0 Å². The molecule has 0 spiro atoms. The van der Waals surface area contributed by atoms with Crippen molar-refractivity contribution < 1.29 is 0 Å². The lowest BCUT2D eigenvalue weighted by Crippen LogP contribution is -2.35. The quantitative estimate of drug-likeness (QED) is 0.756. The highest BCUT2D eigenvalue weighted by atomic mass is 15.1. The zero-order valence-corrected chi connectivity index (χ0v) is 14.6. The fourth-order valence-electron chi connectivity index (χ4n) is 3.79. The van der Waals surface area contributed by atoms with Crippen molar-refractivity contribution in [3.05, 3.63) is 34.5 Å². The third-order valence-corrected chi connectivity index (χ3v) is 5.20. The molecule has 0 aromatic carbocycles. The van der Waals surface area contributed by atoms with Gasteiger partial charge in [0.2, 0.25) is 5.95 Å². The Labute approximate surface area is 147 Å². The van der Waals surface area contributed by atoms with Gasteiger partial charge in [-0.1, -0.05) is 0 Å². The lowest BCUT2D eigenvalue weighted by molar-refractivity contribution is 0.345.